The Labute approximate surface area is 88.2 Å². The highest BCUT2D eigenvalue weighted by Crippen LogP contribution is 2.50. The normalized spacial score (nSPS) is 23.2. The number of ketones is 1. The van der Waals surface area contributed by atoms with Crippen LogP contribution >= 0.6 is 15.9 Å². The molecule has 0 aromatic heterocycles. The van der Waals surface area contributed by atoms with Crippen LogP contribution in [-0.4, -0.2) is 11.7 Å². The first-order chi connectivity index (χ1) is 6.52. The van der Waals surface area contributed by atoms with E-state index in [-0.39, 0.29) is 6.42 Å². The summed E-state index contributed by atoms with van der Waals surface area (Å²) >= 11 is 3.16. The molecule has 4 heteroatoms. The fourth-order valence-electron chi connectivity index (χ4n) is 1.35. The van der Waals surface area contributed by atoms with Crippen molar-refractivity contribution in [3.05, 3.63) is 34.3 Å². The molecule has 14 heavy (non-hydrogen) atoms. The van der Waals surface area contributed by atoms with E-state index in [0.29, 0.717) is 10.0 Å². The molecule has 2 rings (SSSR count). The number of Topliss-reactive ketones (excluding diaryl/α,β-unsaturated/α-hetero) is 1. The van der Waals surface area contributed by atoms with Gasteiger partial charge in [-0.05, 0) is 6.07 Å². The topological polar surface area (TPSA) is 17.1 Å². The van der Waals surface area contributed by atoms with Crippen LogP contribution in [0, 0.1) is 5.92 Å². The average Bonchev–Trinajstić information content (AvgIpc) is 2.75. The van der Waals surface area contributed by atoms with E-state index in [1.807, 2.05) is 0 Å². The van der Waals surface area contributed by atoms with E-state index in [2.05, 4.69) is 15.9 Å². The first-order valence-corrected chi connectivity index (χ1v) is 4.98. The molecule has 0 heterocycles. The van der Waals surface area contributed by atoms with Crippen molar-refractivity contribution >= 4 is 21.7 Å². The van der Waals surface area contributed by atoms with Crippen molar-refractivity contribution in [2.75, 3.05) is 0 Å². The van der Waals surface area contributed by atoms with Gasteiger partial charge in [-0.1, -0.05) is 34.1 Å². The van der Waals surface area contributed by atoms with Gasteiger partial charge in [0.2, 0.25) is 0 Å². The molecule has 0 radical (unpaired) electrons. The highest BCUT2D eigenvalue weighted by Gasteiger charge is 2.61. The second kappa shape index (κ2) is 3.12. The molecule has 0 N–H and O–H groups in total. The molecule has 1 unspecified atom stereocenters. The van der Waals surface area contributed by atoms with Crippen LogP contribution in [-0.2, 0) is 0 Å². The summed E-state index contributed by atoms with van der Waals surface area (Å²) < 4.78 is 25.8. The van der Waals surface area contributed by atoms with Crippen LogP contribution < -0.4 is 0 Å². The minimum absolute atomic E-state index is 0.312. The van der Waals surface area contributed by atoms with Crippen molar-refractivity contribution in [3.8, 4) is 0 Å². The Morgan fingerprint density at radius 2 is 2.00 bits per heavy atom. The monoisotopic (exact) mass is 260 g/mol. The Balaban J connectivity index is 2.25. The van der Waals surface area contributed by atoms with E-state index < -0.39 is 17.6 Å². The van der Waals surface area contributed by atoms with Gasteiger partial charge in [0.05, 0.1) is 5.92 Å². The Hall–Kier alpha value is -0.770. The van der Waals surface area contributed by atoms with Gasteiger partial charge in [0.1, 0.15) is 0 Å². The minimum atomic E-state index is -2.79. The lowest BCUT2D eigenvalue weighted by atomic mass is 10.1. The second-order valence-corrected chi connectivity index (χ2v) is 4.22. The van der Waals surface area contributed by atoms with Crippen LogP contribution in [0.25, 0.3) is 0 Å². The van der Waals surface area contributed by atoms with Gasteiger partial charge in [-0.3, -0.25) is 4.79 Å². The predicted molar refractivity (Wildman–Crippen MR) is 51.5 cm³/mol. The number of hydrogen-bond acceptors (Lipinski definition) is 1. The highest BCUT2D eigenvalue weighted by molar-refractivity contribution is 9.10. The SMILES string of the molecule is O=C(c1ccccc1Br)C1CC1(F)F. The Morgan fingerprint density at radius 1 is 1.43 bits per heavy atom. The first-order valence-electron chi connectivity index (χ1n) is 4.19. The number of carbonyl (C=O) groups excluding carboxylic acids is 1. The van der Waals surface area contributed by atoms with Crippen LogP contribution in [0.2, 0.25) is 0 Å². The van der Waals surface area contributed by atoms with Crippen molar-refractivity contribution in [2.24, 2.45) is 5.92 Å². The van der Waals surface area contributed by atoms with Crippen molar-refractivity contribution < 1.29 is 13.6 Å². The van der Waals surface area contributed by atoms with E-state index in [9.17, 15) is 13.6 Å². The Bertz CT molecular complexity index is 389. The summed E-state index contributed by atoms with van der Waals surface area (Å²) in [6.07, 6.45) is -0.312. The molecule has 0 saturated heterocycles. The van der Waals surface area contributed by atoms with Gasteiger partial charge < -0.3 is 0 Å². The third-order valence-corrected chi connectivity index (χ3v) is 2.97. The van der Waals surface area contributed by atoms with Gasteiger partial charge in [0, 0.05) is 16.5 Å². The highest BCUT2D eigenvalue weighted by atomic mass is 79.9. The number of rotatable bonds is 2. The molecule has 1 aliphatic carbocycles. The summed E-state index contributed by atoms with van der Waals surface area (Å²) in [6.45, 7) is 0. The second-order valence-electron chi connectivity index (χ2n) is 3.36. The molecule has 0 aliphatic heterocycles. The third kappa shape index (κ3) is 1.59. The zero-order valence-electron chi connectivity index (χ0n) is 7.14. The summed E-state index contributed by atoms with van der Waals surface area (Å²) in [5.41, 5.74) is 0.342. The molecule has 1 nitrogen and oxygen atoms in total. The molecule has 0 amide bonds. The van der Waals surface area contributed by atoms with Crippen molar-refractivity contribution in [1.29, 1.82) is 0 Å². The fourth-order valence-corrected chi connectivity index (χ4v) is 1.83. The lowest BCUT2D eigenvalue weighted by Crippen LogP contribution is -2.08. The van der Waals surface area contributed by atoms with Crippen LogP contribution in [0.15, 0.2) is 28.7 Å². The molecule has 0 bridgehead atoms. The first kappa shape index (κ1) is 9.77. The molecule has 1 fully saturated rings. The van der Waals surface area contributed by atoms with Gasteiger partial charge >= 0.3 is 0 Å². The summed E-state index contributed by atoms with van der Waals surface area (Å²) in [4.78, 5) is 11.5. The van der Waals surface area contributed by atoms with E-state index in [4.69, 9.17) is 0 Å². The van der Waals surface area contributed by atoms with Crippen molar-refractivity contribution in [3.63, 3.8) is 0 Å². The standard InChI is InChI=1S/C10H7BrF2O/c11-8-4-2-1-3-6(8)9(14)7-5-10(7,12)13/h1-4,7H,5H2. The average molecular weight is 261 g/mol. The van der Waals surface area contributed by atoms with E-state index in [1.165, 1.54) is 0 Å². The van der Waals surface area contributed by atoms with Crippen LogP contribution in [0.3, 0.4) is 0 Å². The number of benzene rings is 1. The quantitative estimate of drug-likeness (QED) is 0.746. The van der Waals surface area contributed by atoms with Gasteiger partial charge in [-0.25, -0.2) is 8.78 Å². The van der Waals surface area contributed by atoms with Crippen LogP contribution in [0.1, 0.15) is 16.8 Å². The van der Waals surface area contributed by atoms with Crippen LogP contribution in [0.5, 0.6) is 0 Å². The lowest BCUT2D eigenvalue weighted by Gasteiger charge is -2.01. The summed E-state index contributed by atoms with van der Waals surface area (Å²) in [6, 6.07) is 6.64. The molecule has 0 spiro atoms. The lowest BCUT2D eigenvalue weighted by molar-refractivity contribution is 0.0757. The predicted octanol–water partition coefficient (Wildman–Crippen LogP) is 3.29. The summed E-state index contributed by atoms with van der Waals surface area (Å²) in [5, 5.41) is 0. The zero-order chi connectivity index (χ0) is 10.3. The number of carbonyl (C=O) groups is 1. The summed E-state index contributed by atoms with van der Waals surface area (Å²) in [7, 11) is 0. The maximum Gasteiger partial charge on any atom is 0.259 e. The largest absolute Gasteiger partial charge is 0.294 e. The number of alkyl halides is 2. The minimum Gasteiger partial charge on any atom is -0.294 e. The zero-order valence-corrected chi connectivity index (χ0v) is 8.72. The number of halogens is 3. The molecular formula is C10H7BrF2O. The van der Waals surface area contributed by atoms with Gasteiger partial charge in [-0.2, -0.15) is 0 Å². The summed E-state index contributed by atoms with van der Waals surface area (Å²) in [5.74, 6) is -4.37. The molecule has 1 saturated carbocycles. The molecule has 1 aromatic rings. The van der Waals surface area contributed by atoms with Gasteiger partial charge in [-0.15, -0.1) is 0 Å². The fraction of sp³-hybridized carbons (Fsp3) is 0.300. The van der Waals surface area contributed by atoms with E-state index in [0.717, 1.165) is 0 Å². The molecule has 1 aromatic carbocycles. The van der Waals surface area contributed by atoms with Crippen LogP contribution in [0.4, 0.5) is 8.78 Å². The van der Waals surface area contributed by atoms with Gasteiger partial charge in [0.25, 0.3) is 5.92 Å². The van der Waals surface area contributed by atoms with E-state index in [1.54, 1.807) is 24.3 Å². The smallest absolute Gasteiger partial charge is 0.259 e. The van der Waals surface area contributed by atoms with Crippen molar-refractivity contribution in [1.82, 2.24) is 0 Å². The Morgan fingerprint density at radius 3 is 2.50 bits per heavy atom. The maximum absolute atomic E-state index is 12.6. The van der Waals surface area contributed by atoms with Gasteiger partial charge in [0.15, 0.2) is 5.78 Å². The van der Waals surface area contributed by atoms with Crippen molar-refractivity contribution in [2.45, 2.75) is 12.3 Å². The Kier molecular flexibility index (Phi) is 2.18. The third-order valence-electron chi connectivity index (χ3n) is 2.28. The molecule has 1 atom stereocenters. The molecular weight excluding hydrogens is 254 g/mol. The molecule has 74 valence electrons. The molecule has 1 aliphatic rings. The maximum atomic E-state index is 12.6. The number of hydrogen-bond donors (Lipinski definition) is 0. The van der Waals surface area contributed by atoms with E-state index >= 15 is 0 Å².